The second-order valence-electron chi connectivity index (χ2n) is 4.93. The molecule has 2 aromatic heterocycles. The Morgan fingerprint density at radius 3 is 2.70 bits per heavy atom. The smallest absolute Gasteiger partial charge is 0.147 e. The van der Waals surface area contributed by atoms with Gasteiger partial charge in [-0.05, 0) is 31.5 Å². The van der Waals surface area contributed by atoms with E-state index in [0.29, 0.717) is 16.6 Å². The van der Waals surface area contributed by atoms with E-state index < -0.39 is 0 Å². The summed E-state index contributed by atoms with van der Waals surface area (Å²) in [7, 11) is 0. The fourth-order valence-corrected chi connectivity index (χ4v) is 2.14. The lowest BCUT2D eigenvalue weighted by Crippen LogP contribution is -1.99. The summed E-state index contributed by atoms with van der Waals surface area (Å²) in [6.45, 7) is 4.09. The van der Waals surface area contributed by atoms with Gasteiger partial charge in [-0.15, -0.1) is 12.4 Å². The Morgan fingerprint density at radius 2 is 2.05 bits per heavy atom. The van der Waals surface area contributed by atoms with E-state index in [0.717, 1.165) is 11.1 Å². The molecule has 1 aromatic carbocycles. The van der Waals surface area contributed by atoms with Crippen LogP contribution in [0.4, 0.5) is 10.1 Å². The summed E-state index contributed by atoms with van der Waals surface area (Å²) in [5.74, 6) is -0.304. The molecule has 0 aliphatic carbocycles. The van der Waals surface area contributed by atoms with Crippen molar-refractivity contribution in [3.8, 4) is 11.1 Å². The van der Waals surface area contributed by atoms with Crippen LogP contribution in [0.2, 0.25) is 0 Å². The maximum atomic E-state index is 14.0. The molecule has 20 heavy (non-hydrogen) atoms. The number of aromatic amines is 1. The van der Waals surface area contributed by atoms with Gasteiger partial charge in [0.15, 0.2) is 0 Å². The topological polar surface area (TPSA) is 59.6 Å². The number of hydrogen-bond acceptors (Lipinski definition) is 2. The zero-order chi connectivity index (χ0) is 13.6. The fraction of sp³-hybridized carbons (Fsp3) is 0.214. The average molecular weight is 295 g/mol. The van der Waals surface area contributed by atoms with Crippen LogP contribution in [0.3, 0.4) is 0 Å². The third kappa shape index (κ3) is 2.25. The Balaban J connectivity index is 0.00000147. The molecule has 0 fully saturated rings. The van der Waals surface area contributed by atoms with Crippen LogP contribution in [0.1, 0.15) is 19.9 Å². The van der Waals surface area contributed by atoms with E-state index in [1.165, 1.54) is 6.07 Å². The molecule has 3 N–H and O–H groups in total. The lowest BCUT2D eigenvalue weighted by atomic mass is 10.1. The number of H-pyrrole nitrogens is 1. The van der Waals surface area contributed by atoms with Crippen molar-refractivity contribution in [2.45, 2.75) is 19.9 Å². The van der Waals surface area contributed by atoms with Crippen molar-refractivity contribution in [2.75, 3.05) is 5.73 Å². The number of nitrogens with one attached hydrogen (secondary N) is 1. The van der Waals surface area contributed by atoms with Crippen molar-refractivity contribution in [1.82, 2.24) is 14.8 Å². The number of rotatable bonds is 2. The molecule has 2 heterocycles. The van der Waals surface area contributed by atoms with Gasteiger partial charge in [-0.1, -0.05) is 0 Å². The third-order valence-corrected chi connectivity index (χ3v) is 3.24. The van der Waals surface area contributed by atoms with Gasteiger partial charge in [0, 0.05) is 29.4 Å². The highest BCUT2D eigenvalue weighted by Gasteiger charge is 2.11. The predicted octanol–water partition coefficient (Wildman–Crippen LogP) is 3.76. The van der Waals surface area contributed by atoms with Crippen LogP contribution in [0, 0.1) is 5.82 Å². The maximum absolute atomic E-state index is 14.0. The van der Waals surface area contributed by atoms with Crippen LogP contribution in [0.5, 0.6) is 0 Å². The maximum Gasteiger partial charge on any atom is 0.147 e. The monoisotopic (exact) mass is 294 g/mol. The molecule has 0 amide bonds. The highest BCUT2D eigenvalue weighted by molar-refractivity contribution is 5.94. The number of aromatic nitrogens is 3. The highest BCUT2D eigenvalue weighted by atomic mass is 35.5. The Hall–Kier alpha value is -2.01. The first-order chi connectivity index (χ1) is 9.06. The minimum absolute atomic E-state index is 0. The molecule has 0 saturated heterocycles. The summed E-state index contributed by atoms with van der Waals surface area (Å²) in [6.07, 6.45) is 5.26. The quantitative estimate of drug-likeness (QED) is 0.756. The van der Waals surface area contributed by atoms with Crippen molar-refractivity contribution in [3.63, 3.8) is 0 Å². The lowest BCUT2D eigenvalue weighted by molar-refractivity contribution is 0.532. The van der Waals surface area contributed by atoms with Gasteiger partial charge in [0.1, 0.15) is 5.82 Å². The second kappa shape index (κ2) is 5.17. The largest absolute Gasteiger partial charge is 0.397 e. The van der Waals surface area contributed by atoms with Crippen LogP contribution in [0.25, 0.3) is 22.0 Å². The standard InChI is InChI=1S/C14H15FN4.ClH/c1-8(2)19-7-10(5-18-19)9-3-11-13(16)6-17-14(11)12(15)4-9;/h3-8,17H,16H2,1-2H3;1H. The Labute approximate surface area is 122 Å². The van der Waals surface area contributed by atoms with Crippen molar-refractivity contribution in [1.29, 1.82) is 0 Å². The molecule has 0 spiro atoms. The van der Waals surface area contributed by atoms with Gasteiger partial charge in [-0.3, -0.25) is 4.68 Å². The van der Waals surface area contributed by atoms with Crippen LogP contribution in [-0.4, -0.2) is 14.8 Å². The van der Waals surface area contributed by atoms with E-state index >= 15 is 0 Å². The Kier molecular flexibility index (Phi) is 3.72. The average Bonchev–Trinajstić information content (AvgIpc) is 2.97. The van der Waals surface area contributed by atoms with Gasteiger partial charge >= 0.3 is 0 Å². The number of anilines is 1. The number of benzene rings is 1. The second-order valence-corrected chi connectivity index (χ2v) is 4.93. The third-order valence-electron chi connectivity index (χ3n) is 3.24. The zero-order valence-electron chi connectivity index (χ0n) is 11.2. The van der Waals surface area contributed by atoms with Crippen LogP contribution >= 0.6 is 12.4 Å². The number of fused-ring (bicyclic) bond motifs is 1. The molecule has 4 nitrogen and oxygen atoms in total. The molecule has 3 aromatic rings. The van der Waals surface area contributed by atoms with Crippen molar-refractivity contribution >= 4 is 29.0 Å². The van der Waals surface area contributed by atoms with E-state index in [4.69, 9.17) is 5.73 Å². The summed E-state index contributed by atoms with van der Waals surface area (Å²) in [5.41, 5.74) is 8.48. The van der Waals surface area contributed by atoms with E-state index in [9.17, 15) is 4.39 Å². The molecule has 0 aliphatic rings. The van der Waals surface area contributed by atoms with Crippen LogP contribution < -0.4 is 5.73 Å². The highest BCUT2D eigenvalue weighted by Crippen LogP contribution is 2.29. The molecule has 0 saturated carbocycles. The van der Waals surface area contributed by atoms with Crippen LogP contribution in [0.15, 0.2) is 30.7 Å². The van der Waals surface area contributed by atoms with E-state index in [2.05, 4.69) is 10.1 Å². The number of nitrogens with zero attached hydrogens (tertiary/aromatic N) is 2. The van der Waals surface area contributed by atoms with Crippen molar-refractivity contribution in [3.05, 3.63) is 36.5 Å². The summed E-state index contributed by atoms with van der Waals surface area (Å²) < 4.78 is 15.8. The van der Waals surface area contributed by atoms with E-state index in [1.807, 2.05) is 30.8 Å². The van der Waals surface area contributed by atoms with Gasteiger partial charge in [0.2, 0.25) is 0 Å². The summed E-state index contributed by atoms with van der Waals surface area (Å²) in [5, 5.41) is 4.97. The summed E-state index contributed by atoms with van der Waals surface area (Å²) >= 11 is 0. The summed E-state index contributed by atoms with van der Waals surface area (Å²) in [4.78, 5) is 2.84. The molecular weight excluding hydrogens is 279 g/mol. The first kappa shape index (κ1) is 14.4. The van der Waals surface area contributed by atoms with Gasteiger partial charge in [0.05, 0.1) is 17.4 Å². The van der Waals surface area contributed by atoms with Crippen molar-refractivity contribution in [2.24, 2.45) is 0 Å². The fourth-order valence-electron chi connectivity index (χ4n) is 2.14. The number of nitrogen functional groups attached to an aromatic ring is 1. The van der Waals surface area contributed by atoms with Crippen molar-refractivity contribution < 1.29 is 4.39 Å². The van der Waals surface area contributed by atoms with Gasteiger partial charge in [-0.2, -0.15) is 5.10 Å². The van der Waals surface area contributed by atoms with Gasteiger partial charge < -0.3 is 10.7 Å². The first-order valence-electron chi connectivity index (χ1n) is 6.17. The Bertz CT molecular complexity index is 745. The SMILES string of the molecule is CC(C)n1cc(-c2cc(F)c3[nH]cc(N)c3c2)cn1.Cl. The zero-order valence-corrected chi connectivity index (χ0v) is 12.0. The number of hydrogen-bond donors (Lipinski definition) is 2. The molecule has 3 rings (SSSR count). The molecule has 0 aliphatic heterocycles. The summed E-state index contributed by atoms with van der Waals surface area (Å²) in [6, 6.07) is 3.66. The molecule has 106 valence electrons. The Morgan fingerprint density at radius 1 is 1.30 bits per heavy atom. The molecule has 0 atom stereocenters. The molecule has 6 heteroatoms. The molecule has 0 unspecified atom stereocenters. The van der Waals surface area contributed by atoms with Gasteiger partial charge in [-0.25, -0.2) is 4.39 Å². The molecule has 0 bridgehead atoms. The minimum Gasteiger partial charge on any atom is -0.397 e. The number of halogens is 2. The first-order valence-corrected chi connectivity index (χ1v) is 6.17. The molecular formula is C14H16ClFN4. The minimum atomic E-state index is -0.304. The van der Waals surface area contributed by atoms with E-state index in [-0.39, 0.29) is 24.3 Å². The van der Waals surface area contributed by atoms with Gasteiger partial charge in [0.25, 0.3) is 0 Å². The van der Waals surface area contributed by atoms with Crippen LogP contribution in [-0.2, 0) is 0 Å². The molecule has 0 radical (unpaired) electrons. The van der Waals surface area contributed by atoms with E-state index in [1.54, 1.807) is 12.4 Å². The predicted molar refractivity (Wildman–Crippen MR) is 81.5 cm³/mol. The normalized spacial score (nSPS) is 11.0. The number of nitrogens with two attached hydrogens (primary N) is 1. The lowest BCUT2D eigenvalue weighted by Gasteiger charge is -2.04.